The van der Waals surface area contributed by atoms with Gasteiger partial charge >= 0.3 is 0 Å². The van der Waals surface area contributed by atoms with Crippen LogP contribution < -0.4 is 9.47 Å². The van der Waals surface area contributed by atoms with Crippen molar-refractivity contribution in [3.8, 4) is 17.2 Å². The van der Waals surface area contributed by atoms with Crippen molar-refractivity contribution in [2.24, 2.45) is 0 Å². The van der Waals surface area contributed by atoms with E-state index in [4.69, 9.17) is 9.47 Å². The maximum absolute atomic E-state index is 13.5. The summed E-state index contributed by atoms with van der Waals surface area (Å²) >= 11 is 0. The van der Waals surface area contributed by atoms with E-state index in [2.05, 4.69) is 4.98 Å². The molecule has 1 amide bonds. The molecule has 4 rings (SSSR count). The number of hydrogen-bond donors (Lipinski definition) is 1. The van der Waals surface area contributed by atoms with E-state index >= 15 is 0 Å². The van der Waals surface area contributed by atoms with E-state index in [9.17, 15) is 18.7 Å². The van der Waals surface area contributed by atoms with Gasteiger partial charge in [-0.15, -0.1) is 0 Å². The van der Waals surface area contributed by atoms with Crippen molar-refractivity contribution < 1.29 is 28.2 Å². The summed E-state index contributed by atoms with van der Waals surface area (Å²) in [6, 6.07) is 7.13. The molecule has 0 aliphatic carbocycles. The van der Waals surface area contributed by atoms with Gasteiger partial charge in [0.1, 0.15) is 29.2 Å². The normalized spacial score (nSPS) is 17.8. The maximum atomic E-state index is 13.5. The van der Waals surface area contributed by atoms with Gasteiger partial charge in [-0.05, 0) is 31.2 Å². The standard InChI is InChI=1S/C24H23F2N3O4/c1-15-12-28(14-27-15)20-6-5-16(8-23(20)32-2)24(31)29-7-3-4-22(21(29)13-30)33-19-10-17(25)9-18(26)11-19/h3-6,8-12,14,21-22,30H,7,13H2,1-2H3/t21-,22-/m0/s1. The number of methoxy groups -OCH3 is 1. The smallest absolute Gasteiger partial charge is 0.254 e. The quantitative estimate of drug-likeness (QED) is 0.578. The third-order valence-electron chi connectivity index (χ3n) is 5.38. The van der Waals surface area contributed by atoms with Crippen LogP contribution in [0.25, 0.3) is 5.69 Å². The Morgan fingerprint density at radius 2 is 1.97 bits per heavy atom. The Balaban J connectivity index is 1.58. The first kappa shape index (κ1) is 22.5. The van der Waals surface area contributed by atoms with Crippen molar-refractivity contribution in [1.29, 1.82) is 0 Å². The highest BCUT2D eigenvalue weighted by Crippen LogP contribution is 2.27. The summed E-state index contributed by atoms with van der Waals surface area (Å²) in [7, 11) is 1.51. The van der Waals surface area contributed by atoms with E-state index in [1.807, 2.05) is 13.1 Å². The molecule has 2 atom stereocenters. The van der Waals surface area contributed by atoms with Crippen molar-refractivity contribution in [2.45, 2.75) is 19.1 Å². The summed E-state index contributed by atoms with van der Waals surface area (Å²) in [5.74, 6) is -1.45. The van der Waals surface area contributed by atoms with Gasteiger partial charge in [0, 0.05) is 36.5 Å². The zero-order valence-electron chi connectivity index (χ0n) is 18.1. The van der Waals surface area contributed by atoms with Crippen LogP contribution in [0.4, 0.5) is 8.78 Å². The Hall–Kier alpha value is -3.72. The highest BCUT2D eigenvalue weighted by molar-refractivity contribution is 5.95. The summed E-state index contributed by atoms with van der Waals surface area (Å²) in [6.45, 7) is 1.71. The number of halogens is 2. The summed E-state index contributed by atoms with van der Waals surface area (Å²) < 4.78 is 40.1. The minimum absolute atomic E-state index is 0.0310. The fourth-order valence-electron chi connectivity index (χ4n) is 3.80. The van der Waals surface area contributed by atoms with E-state index in [0.29, 0.717) is 11.3 Å². The van der Waals surface area contributed by atoms with E-state index in [1.165, 1.54) is 12.0 Å². The van der Waals surface area contributed by atoms with Gasteiger partial charge in [0.15, 0.2) is 0 Å². The zero-order chi connectivity index (χ0) is 23.5. The summed E-state index contributed by atoms with van der Waals surface area (Å²) in [5.41, 5.74) is 1.92. The number of hydrogen-bond acceptors (Lipinski definition) is 5. The first-order valence-electron chi connectivity index (χ1n) is 10.3. The van der Waals surface area contributed by atoms with Crippen LogP contribution in [0.5, 0.6) is 11.5 Å². The average molecular weight is 455 g/mol. The molecule has 2 aromatic carbocycles. The fraction of sp³-hybridized carbons (Fsp3) is 0.250. The molecule has 0 unspecified atom stereocenters. The van der Waals surface area contributed by atoms with Crippen LogP contribution in [0.2, 0.25) is 0 Å². The number of ether oxygens (including phenoxy) is 2. The molecule has 2 heterocycles. The Labute approximate surface area is 189 Å². The largest absolute Gasteiger partial charge is 0.495 e. The number of carbonyl (C=O) groups excluding carboxylic acids is 1. The number of imidazole rings is 1. The molecular weight excluding hydrogens is 432 g/mol. The predicted octanol–water partition coefficient (Wildman–Crippen LogP) is 3.29. The van der Waals surface area contributed by atoms with Gasteiger partial charge in [-0.3, -0.25) is 4.79 Å². The molecule has 172 valence electrons. The average Bonchev–Trinajstić information content (AvgIpc) is 3.23. The first-order chi connectivity index (χ1) is 15.9. The Kier molecular flexibility index (Phi) is 6.41. The van der Waals surface area contributed by atoms with Crippen LogP contribution in [-0.4, -0.2) is 57.9 Å². The van der Waals surface area contributed by atoms with Crippen molar-refractivity contribution in [1.82, 2.24) is 14.5 Å². The van der Waals surface area contributed by atoms with Crippen LogP contribution in [0.15, 0.2) is 61.1 Å². The number of rotatable bonds is 6. The van der Waals surface area contributed by atoms with Gasteiger partial charge in [-0.2, -0.15) is 0 Å². The number of carbonyl (C=O) groups is 1. The third-order valence-corrected chi connectivity index (χ3v) is 5.38. The Morgan fingerprint density at radius 1 is 1.21 bits per heavy atom. The van der Waals surface area contributed by atoms with E-state index in [-0.39, 0.29) is 18.2 Å². The molecule has 0 saturated carbocycles. The molecule has 0 spiro atoms. The SMILES string of the molecule is COc1cc(C(=O)N2CC=C[C@H](Oc3cc(F)cc(F)c3)[C@@H]2CO)ccc1-n1cnc(C)c1. The molecule has 33 heavy (non-hydrogen) atoms. The number of amides is 1. The molecule has 1 N–H and O–H groups in total. The lowest BCUT2D eigenvalue weighted by Crippen LogP contribution is -2.52. The van der Waals surface area contributed by atoms with Gasteiger partial charge in [-0.25, -0.2) is 13.8 Å². The molecule has 9 heteroatoms. The second-order valence-electron chi connectivity index (χ2n) is 7.63. The first-order valence-corrected chi connectivity index (χ1v) is 10.3. The molecule has 7 nitrogen and oxygen atoms in total. The predicted molar refractivity (Wildman–Crippen MR) is 117 cm³/mol. The van der Waals surface area contributed by atoms with Gasteiger partial charge in [0.05, 0.1) is 37.5 Å². The molecule has 0 fully saturated rings. The fourth-order valence-corrected chi connectivity index (χ4v) is 3.80. The molecule has 3 aromatic rings. The van der Waals surface area contributed by atoms with Crippen LogP contribution >= 0.6 is 0 Å². The lowest BCUT2D eigenvalue weighted by Gasteiger charge is -2.37. The monoisotopic (exact) mass is 455 g/mol. The van der Waals surface area contributed by atoms with Crippen LogP contribution in [0.1, 0.15) is 16.1 Å². The van der Waals surface area contributed by atoms with Crippen molar-refractivity contribution >= 4 is 5.91 Å². The summed E-state index contributed by atoms with van der Waals surface area (Å²) in [5, 5.41) is 10.0. The number of aliphatic hydroxyl groups excluding tert-OH is 1. The third kappa shape index (κ3) is 4.73. The van der Waals surface area contributed by atoms with E-state index in [1.54, 1.807) is 41.2 Å². The zero-order valence-corrected chi connectivity index (χ0v) is 18.1. The van der Waals surface area contributed by atoms with Gasteiger partial charge in [-0.1, -0.05) is 6.08 Å². The molecular formula is C24H23F2N3O4. The molecule has 1 aromatic heterocycles. The molecule has 1 aliphatic rings. The molecule has 0 radical (unpaired) electrons. The van der Waals surface area contributed by atoms with E-state index in [0.717, 1.165) is 29.6 Å². The number of aliphatic hydroxyl groups is 1. The van der Waals surface area contributed by atoms with Crippen LogP contribution in [0.3, 0.4) is 0 Å². The van der Waals surface area contributed by atoms with Gasteiger partial charge < -0.3 is 24.0 Å². The highest BCUT2D eigenvalue weighted by Gasteiger charge is 2.33. The Bertz CT molecular complexity index is 1170. The highest BCUT2D eigenvalue weighted by atomic mass is 19.1. The van der Waals surface area contributed by atoms with Crippen molar-refractivity contribution in [3.05, 3.63) is 84.0 Å². The van der Waals surface area contributed by atoms with Gasteiger partial charge in [0.2, 0.25) is 0 Å². The van der Waals surface area contributed by atoms with Crippen LogP contribution in [0, 0.1) is 18.6 Å². The Morgan fingerprint density at radius 3 is 2.61 bits per heavy atom. The number of nitrogens with zero attached hydrogens (tertiary/aromatic N) is 3. The minimum Gasteiger partial charge on any atom is -0.495 e. The van der Waals surface area contributed by atoms with Crippen LogP contribution in [-0.2, 0) is 0 Å². The summed E-state index contributed by atoms with van der Waals surface area (Å²) in [4.78, 5) is 19.0. The van der Waals surface area contributed by atoms with Crippen molar-refractivity contribution in [3.63, 3.8) is 0 Å². The van der Waals surface area contributed by atoms with Crippen molar-refractivity contribution in [2.75, 3.05) is 20.3 Å². The van der Waals surface area contributed by atoms with Gasteiger partial charge in [0.25, 0.3) is 5.91 Å². The lowest BCUT2D eigenvalue weighted by atomic mass is 10.0. The molecule has 0 saturated heterocycles. The number of aromatic nitrogens is 2. The van der Waals surface area contributed by atoms with E-state index < -0.39 is 30.4 Å². The lowest BCUT2D eigenvalue weighted by molar-refractivity contribution is 0.0356. The summed E-state index contributed by atoms with van der Waals surface area (Å²) in [6.07, 6.45) is 6.09. The maximum Gasteiger partial charge on any atom is 0.254 e. The number of benzene rings is 2. The minimum atomic E-state index is -0.788. The second-order valence-corrected chi connectivity index (χ2v) is 7.63. The number of aryl methyl sites for hydroxylation is 1. The topological polar surface area (TPSA) is 76.8 Å². The molecule has 1 aliphatic heterocycles. The second kappa shape index (κ2) is 9.41. The molecule has 0 bridgehead atoms.